The van der Waals surface area contributed by atoms with Crippen LogP contribution in [0.5, 0.6) is 0 Å². The number of nitrogen functional groups attached to an aromatic ring is 1. The van der Waals surface area contributed by atoms with Crippen molar-refractivity contribution in [1.82, 2.24) is 0 Å². The normalized spacial score (nSPS) is 11.3. The van der Waals surface area contributed by atoms with Crippen LogP contribution in [-0.2, 0) is 10.0 Å². The fourth-order valence-electron chi connectivity index (χ4n) is 1.60. The molecule has 2 aromatic carbocycles. The van der Waals surface area contributed by atoms with E-state index in [9.17, 15) is 8.42 Å². The van der Waals surface area contributed by atoms with E-state index in [4.69, 9.17) is 28.9 Å². The first kappa shape index (κ1) is 15.0. The Hall–Kier alpha value is -1.43. The summed E-state index contributed by atoms with van der Waals surface area (Å²) in [7, 11) is -3.77. The Kier molecular flexibility index (Phi) is 4.13. The van der Waals surface area contributed by atoms with Gasteiger partial charge < -0.3 is 5.73 Å². The number of hydrogen-bond donors (Lipinski definition) is 2. The van der Waals surface area contributed by atoms with E-state index in [0.717, 1.165) is 5.56 Å². The largest absolute Gasteiger partial charge is 0.398 e. The van der Waals surface area contributed by atoms with Crippen molar-refractivity contribution in [3.63, 3.8) is 0 Å². The lowest BCUT2D eigenvalue weighted by Gasteiger charge is -2.11. The molecule has 0 bridgehead atoms. The molecule has 4 nitrogen and oxygen atoms in total. The molecular formula is C13H12Cl2N2O2S. The van der Waals surface area contributed by atoms with Crippen LogP contribution in [0, 0.1) is 6.92 Å². The van der Waals surface area contributed by atoms with Crippen LogP contribution in [0.15, 0.2) is 41.3 Å². The molecule has 3 N–H and O–H groups in total. The number of anilines is 2. The van der Waals surface area contributed by atoms with E-state index in [1.807, 2.05) is 6.92 Å². The van der Waals surface area contributed by atoms with Crippen molar-refractivity contribution in [1.29, 1.82) is 0 Å². The van der Waals surface area contributed by atoms with Crippen molar-refractivity contribution >= 4 is 44.6 Å². The van der Waals surface area contributed by atoms with E-state index in [1.165, 1.54) is 18.2 Å². The van der Waals surface area contributed by atoms with E-state index in [0.29, 0.717) is 16.4 Å². The molecule has 0 aromatic heterocycles. The van der Waals surface area contributed by atoms with Gasteiger partial charge in [-0.1, -0.05) is 29.3 Å². The highest BCUT2D eigenvalue weighted by Gasteiger charge is 2.17. The van der Waals surface area contributed by atoms with Gasteiger partial charge in [0.1, 0.15) is 0 Å². The van der Waals surface area contributed by atoms with Crippen LogP contribution in [-0.4, -0.2) is 8.42 Å². The fraction of sp³-hybridized carbons (Fsp3) is 0.0769. The molecule has 0 unspecified atom stereocenters. The van der Waals surface area contributed by atoms with Gasteiger partial charge in [0.05, 0.1) is 26.3 Å². The van der Waals surface area contributed by atoms with Crippen molar-refractivity contribution in [2.24, 2.45) is 0 Å². The fourth-order valence-corrected chi connectivity index (χ4v) is 3.16. The minimum Gasteiger partial charge on any atom is -0.398 e. The zero-order valence-electron chi connectivity index (χ0n) is 10.5. The average Bonchev–Trinajstić information content (AvgIpc) is 2.36. The second-order valence-electron chi connectivity index (χ2n) is 4.27. The summed E-state index contributed by atoms with van der Waals surface area (Å²) >= 11 is 11.8. The number of halogens is 2. The van der Waals surface area contributed by atoms with Gasteiger partial charge in [-0.05, 0) is 42.8 Å². The number of aryl methyl sites for hydroxylation is 1. The summed E-state index contributed by atoms with van der Waals surface area (Å²) in [5.74, 6) is 0. The lowest BCUT2D eigenvalue weighted by atomic mass is 10.2. The SMILES string of the molecule is Cc1ccc(Cl)c(NS(=O)(=O)c2ccc(N)c(Cl)c2)c1. The molecule has 0 spiro atoms. The zero-order valence-corrected chi connectivity index (χ0v) is 12.9. The third-order valence-electron chi connectivity index (χ3n) is 2.65. The maximum absolute atomic E-state index is 12.3. The Morgan fingerprint density at radius 1 is 1.05 bits per heavy atom. The highest BCUT2D eigenvalue weighted by atomic mass is 35.5. The van der Waals surface area contributed by atoms with Gasteiger partial charge in [0, 0.05) is 0 Å². The summed E-state index contributed by atoms with van der Waals surface area (Å²) in [5, 5.41) is 0.504. The van der Waals surface area contributed by atoms with Crippen molar-refractivity contribution in [3.05, 3.63) is 52.0 Å². The molecule has 0 aliphatic rings. The molecule has 0 radical (unpaired) electrons. The molecule has 0 saturated carbocycles. The molecule has 2 aromatic rings. The summed E-state index contributed by atoms with van der Waals surface area (Å²) in [4.78, 5) is 0.0225. The average molecular weight is 331 g/mol. The topological polar surface area (TPSA) is 72.2 Å². The van der Waals surface area contributed by atoms with Crippen LogP contribution in [0.2, 0.25) is 10.0 Å². The minimum absolute atomic E-state index is 0.0225. The number of nitrogens with two attached hydrogens (primary N) is 1. The summed E-state index contributed by atoms with van der Waals surface area (Å²) in [6.45, 7) is 1.84. The monoisotopic (exact) mass is 330 g/mol. The molecule has 0 saturated heterocycles. The highest BCUT2D eigenvalue weighted by Crippen LogP contribution is 2.27. The van der Waals surface area contributed by atoms with E-state index in [1.54, 1.807) is 18.2 Å². The maximum atomic E-state index is 12.3. The Bertz CT molecular complexity index is 761. The molecule has 0 aliphatic carbocycles. The lowest BCUT2D eigenvalue weighted by molar-refractivity contribution is 0.601. The standard InChI is InChI=1S/C13H12Cl2N2O2S/c1-8-2-4-10(14)13(6-8)17-20(18,19)9-3-5-12(16)11(15)7-9/h2-7,17H,16H2,1H3. The van der Waals surface area contributed by atoms with Crippen molar-refractivity contribution in [2.75, 3.05) is 10.5 Å². The van der Waals surface area contributed by atoms with Gasteiger partial charge in [0.2, 0.25) is 0 Å². The Morgan fingerprint density at radius 2 is 1.75 bits per heavy atom. The maximum Gasteiger partial charge on any atom is 0.261 e. The van der Waals surface area contributed by atoms with E-state index >= 15 is 0 Å². The van der Waals surface area contributed by atoms with Crippen LogP contribution < -0.4 is 10.5 Å². The molecule has 0 fully saturated rings. The van der Waals surface area contributed by atoms with E-state index in [2.05, 4.69) is 4.72 Å². The Balaban J connectivity index is 2.40. The van der Waals surface area contributed by atoms with Gasteiger partial charge in [-0.15, -0.1) is 0 Å². The van der Waals surface area contributed by atoms with Crippen LogP contribution >= 0.6 is 23.2 Å². The Labute approximate surface area is 127 Å². The third kappa shape index (κ3) is 3.17. The number of rotatable bonds is 3. The van der Waals surface area contributed by atoms with Crippen LogP contribution in [0.3, 0.4) is 0 Å². The van der Waals surface area contributed by atoms with Crippen molar-refractivity contribution in [3.8, 4) is 0 Å². The summed E-state index contributed by atoms with van der Waals surface area (Å²) < 4.78 is 26.9. The zero-order chi connectivity index (χ0) is 14.9. The first-order valence-corrected chi connectivity index (χ1v) is 7.87. The number of nitrogens with one attached hydrogen (secondary N) is 1. The van der Waals surface area contributed by atoms with Gasteiger partial charge in [-0.3, -0.25) is 4.72 Å². The second kappa shape index (κ2) is 5.52. The first-order chi connectivity index (χ1) is 9.29. The molecule has 0 aliphatic heterocycles. The van der Waals surface area contributed by atoms with Crippen molar-refractivity contribution < 1.29 is 8.42 Å². The van der Waals surface area contributed by atoms with Gasteiger partial charge in [-0.25, -0.2) is 8.42 Å². The molecule has 20 heavy (non-hydrogen) atoms. The lowest BCUT2D eigenvalue weighted by Crippen LogP contribution is -2.13. The molecule has 2 rings (SSSR count). The predicted octanol–water partition coefficient (Wildman–Crippen LogP) is 3.68. The molecule has 7 heteroatoms. The van der Waals surface area contributed by atoms with Gasteiger partial charge >= 0.3 is 0 Å². The molecule has 106 valence electrons. The van der Waals surface area contributed by atoms with Gasteiger partial charge in [-0.2, -0.15) is 0 Å². The van der Waals surface area contributed by atoms with E-state index < -0.39 is 10.0 Å². The third-order valence-corrected chi connectivity index (χ3v) is 4.67. The quantitative estimate of drug-likeness (QED) is 0.843. The molecule has 0 amide bonds. The van der Waals surface area contributed by atoms with Crippen LogP contribution in [0.1, 0.15) is 5.56 Å². The molecular weight excluding hydrogens is 319 g/mol. The van der Waals surface area contributed by atoms with Gasteiger partial charge in [0.25, 0.3) is 10.0 Å². The highest BCUT2D eigenvalue weighted by molar-refractivity contribution is 7.92. The molecule has 0 heterocycles. The Morgan fingerprint density at radius 3 is 2.40 bits per heavy atom. The summed E-state index contributed by atoms with van der Waals surface area (Å²) in [5.41, 5.74) is 7.09. The van der Waals surface area contributed by atoms with Crippen LogP contribution in [0.4, 0.5) is 11.4 Å². The smallest absolute Gasteiger partial charge is 0.261 e. The number of sulfonamides is 1. The van der Waals surface area contributed by atoms with E-state index in [-0.39, 0.29) is 9.92 Å². The summed E-state index contributed by atoms with van der Waals surface area (Å²) in [6, 6.07) is 9.19. The number of benzene rings is 2. The summed E-state index contributed by atoms with van der Waals surface area (Å²) in [6.07, 6.45) is 0. The van der Waals surface area contributed by atoms with Crippen molar-refractivity contribution in [2.45, 2.75) is 11.8 Å². The van der Waals surface area contributed by atoms with Gasteiger partial charge in [0.15, 0.2) is 0 Å². The second-order valence-corrected chi connectivity index (χ2v) is 6.77. The first-order valence-electron chi connectivity index (χ1n) is 5.63. The predicted molar refractivity (Wildman–Crippen MR) is 82.9 cm³/mol. The van der Waals surface area contributed by atoms with Crippen LogP contribution in [0.25, 0.3) is 0 Å². The molecule has 0 atom stereocenters. The minimum atomic E-state index is -3.77. The number of hydrogen-bond acceptors (Lipinski definition) is 3.